The number of hydrogen-bond donors (Lipinski definition) is 1. The molecule has 2 aromatic rings. The van der Waals surface area contributed by atoms with E-state index in [-0.39, 0.29) is 22.7 Å². The van der Waals surface area contributed by atoms with E-state index in [2.05, 4.69) is 0 Å². The van der Waals surface area contributed by atoms with Gasteiger partial charge in [0.15, 0.2) is 0 Å². The molecule has 0 spiro atoms. The van der Waals surface area contributed by atoms with Gasteiger partial charge in [-0.2, -0.15) is 13.2 Å². The fourth-order valence-corrected chi connectivity index (χ4v) is 2.95. The number of rotatable bonds is 2. The number of benzene rings is 2. The lowest BCUT2D eigenvalue weighted by Crippen LogP contribution is -2.32. The Morgan fingerprint density at radius 1 is 1.16 bits per heavy atom. The van der Waals surface area contributed by atoms with E-state index >= 15 is 0 Å². The molecular formula is C18H16F4N2O. The van der Waals surface area contributed by atoms with Crippen LogP contribution in [-0.2, 0) is 6.18 Å². The molecule has 0 saturated carbocycles. The number of nitrogens with zero attached hydrogens (tertiary/aromatic N) is 1. The quantitative estimate of drug-likeness (QED) is 0.838. The lowest BCUT2D eigenvalue weighted by atomic mass is 9.97. The van der Waals surface area contributed by atoms with Crippen molar-refractivity contribution in [1.82, 2.24) is 4.90 Å². The van der Waals surface area contributed by atoms with Crippen molar-refractivity contribution in [3.8, 4) is 11.1 Å². The summed E-state index contributed by atoms with van der Waals surface area (Å²) >= 11 is 0. The zero-order chi connectivity index (χ0) is 18.2. The number of amides is 1. The molecule has 0 radical (unpaired) electrons. The van der Waals surface area contributed by atoms with Crippen molar-refractivity contribution >= 4 is 5.91 Å². The first-order valence-corrected chi connectivity index (χ1v) is 7.78. The van der Waals surface area contributed by atoms with Gasteiger partial charge in [0.1, 0.15) is 5.82 Å². The first kappa shape index (κ1) is 17.4. The normalized spacial score (nSPS) is 17.8. The van der Waals surface area contributed by atoms with Crippen LogP contribution in [-0.4, -0.2) is 29.9 Å². The molecule has 1 fully saturated rings. The number of alkyl halides is 3. The highest BCUT2D eigenvalue weighted by atomic mass is 19.4. The third-order valence-corrected chi connectivity index (χ3v) is 4.22. The van der Waals surface area contributed by atoms with Crippen molar-refractivity contribution in [3.63, 3.8) is 0 Å². The second kappa shape index (κ2) is 6.48. The molecule has 25 heavy (non-hydrogen) atoms. The van der Waals surface area contributed by atoms with E-state index in [1.807, 2.05) is 0 Å². The molecule has 1 aliphatic rings. The average Bonchev–Trinajstić information content (AvgIpc) is 3.00. The van der Waals surface area contributed by atoms with Crippen LogP contribution in [0, 0.1) is 5.82 Å². The van der Waals surface area contributed by atoms with Gasteiger partial charge in [0.2, 0.25) is 0 Å². The van der Waals surface area contributed by atoms with Crippen LogP contribution in [0.4, 0.5) is 17.6 Å². The highest BCUT2D eigenvalue weighted by Crippen LogP contribution is 2.33. The van der Waals surface area contributed by atoms with Crippen LogP contribution in [0.15, 0.2) is 42.5 Å². The summed E-state index contributed by atoms with van der Waals surface area (Å²) < 4.78 is 52.5. The standard InChI is InChI=1S/C18H16F4N2O/c19-13-4-5-15(11-2-1-3-12(8-11)18(20,21)22)16(9-13)17(25)24-7-6-14(23)10-24/h1-5,8-9,14H,6-7,10,23H2/t14-/m1/s1. The maximum Gasteiger partial charge on any atom is 0.416 e. The molecule has 3 nitrogen and oxygen atoms in total. The summed E-state index contributed by atoms with van der Waals surface area (Å²) in [7, 11) is 0. The van der Waals surface area contributed by atoms with E-state index in [1.54, 1.807) is 0 Å². The number of nitrogens with two attached hydrogens (primary N) is 1. The van der Waals surface area contributed by atoms with Crippen LogP contribution >= 0.6 is 0 Å². The molecule has 7 heteroatoms. The predicted octanol–water partition coefficient (Wildman–Crippen LogP) is 3.68. The Hall–Kier alpha value is -2.41. The van der Waals surface area contributed by atoms with E-state index in [9.17, 15) is 22.4 Å². The Morgan fingerprint density at radius 3 is 2.56 bits per heavy atom. The minimum Gasteiger partial charge on any atom is -0.337 e. The van der Waals surface area contributed by atoms with Gasteiger partial charge in [-0.15, -0.1) is 0 Å². The van der Waals surface area contributed by atoms with Crippen molar-refractivity contribution in [1.29, 1.82) is 0 Å². The molecule has 3 rings (SSSR count). The highest BCUT2D eigenvalue weighted by Gasteiger charge is 2.31. The van der Waals surface area contributed by atoms with Crippen LogP contribution in [0.3, 0.4) is 0 Å². The minimum absolute atomic E-state index is 0.0356. The average molecular weight is 352 g/mol. The Balaban J connectivity index is 2.04. The number of hydrogen-bond acceptors (Lipinski definition) is 2. The van der Waals surface area contributed by atoms with Crippen molar-refractivity contribution in [2.24, 2.45) is 5.73 Å². The van der Waals surface area contributed by atoms with Crippen molar-refractivity contribution in [2.75, 3.05) is 13.1 Å². The van der Waals surface area contributed by atoms with Gasteiger partial charge in [-0.05, 0) is 41.8 Å². The number of likely N-dealkylation sites (tertiary alicyclic amines) is 1. The summed E-state index contributed by atoms with van der Waals surface area (Å²) in [5.41, 5.74) is 5.48. The van der Waals surface area contributed by atoms with Crippen molar-refractivity contribution in [2.45, 2.75) is 18.6 Å². The molecule has 1 atom stereocenters. The lowest BCUT2D eigenvalue weighted by Gasteiger charge is -2.19. The third-order valence-electron chi connectivity index (χ3n) is 4.22. The Bertz CT molecular complexity index is 804. The van der Waals surface area contributed by atoms with Crippen molar-refractivity contribution in [3.05, 3.63) is 59.4 Å². The molecule has 132 valence electrons. The molecule has 0 aliphatic carbocycles. The summed E-state index contributed by atoms with van der Waals surface area (Å²) in [6.07, 6.45) is -3.86. The topological polar surface area (TPSA) is 46.3 Å². The second-order valence-corrected chi connectivity index (χ2v) is 6.07. The maximum atomic E-state index is 13.7. The van der Waals surface area contributed by atoms with Crippen LogP contribution in [0.2, 0.25) is 0 Å². The van der Waals surface area contributed by atoms with Crippen LogP contribution < -0.4 is 5.73 Å². The Labute approximate surface area is 142 Å². The molecule has 0 aromatic heterocycles. The van der Waals surface area contributed by atoms with Gasteiger partial charge in [0, 0.05) is 19.1 Å². The molecule has 2 N–H and O–H groups in total. The number of carbonyl (C=O) groups excluding carboxylic acids is 1. The predicted molar refractivity (Wildman–Crippen MR) is 85.3 cm³/mol. The van der Waals surface area contributed by atoms with Gasteiger partial charge >= 0.3 is 6.18 Å². The van der Waals surface area contributed by atoms with Gasteiger partial charge in [0.05, 0.1) is 11.1 Å². The number of halogens is 4. The Morgan fingerprint density at radius 2 is 1.92 bits per heavy atom. The summed E-state index contributed by atoms with van der Waals surface area (Å²) in [6, 6.07) is 8.01. The third kappa shape index (κ3) is 3.66. The first-order valence-electron chi connectivity index (χ1n) is 7.78. The van der Waals surface area contributed by atoms with E-state index in [4.69, 9.17) is 5.73 Å². The monoisotopic (exact) mass is 352 g/mol. The summed E-state index contributed by atoms with van der Waals surface area (Å²) in [6.45, 7) is 0.788. The molecule has 0 unspecified atom stereocenters. The van der Waals surface area contributed by atoms with Crippen LogP contribution in [0.5, 0.6) is 0 Å². The van der Waals surface area contributed by atoms with E-state index in [0.717, 1.165) is 24.3 Å². The van der Waals surface area contributed by atoms with Gasteiger partial charge in [-0.1, -0.05) is 18.2 Å². The van der Waals surface area contributed by atoms with E-state index in [1.165, 1.54) is 23.1 Å². The van der Waals surface area contributed by atoms with Gasteiger partial charge in [-0.25, -0.2) is 4.39 Å². The van der Waals surface area contributed by atoms with Gasteiger partial charge < -0.3 is 10.6 Å². The molecule has 1 aliphatic heterocycles. The zero-order valence-corrected chi connectivity index (χ0v) is 13.2. The molecule has 2 aromatic carbocycles. The maximum absolute atomic E-state index is 13.7. The number of carbonyl (C=O) groups is 1. The van der Waals surface area contributed by atoms with Gasteiger partial charge in [0.25, 0.3) is 5.91 Å². The molecule has 1 amide bonds. The summed E-state index contributed by atoms with van der Waals surface area (Å²) in [5.74, 6) is -1.05. The highest BCUT2D eigenvalue weighted by molar-refractivity contribution is 6.01. The fraction of sp³-hybridized carbons (Fsp3) is 0.278. The smallest absolute Gasteiger partial charge is 0.337 e. The Kier molecular flexibility index (Phi) is 4.51. The molecular weight excluding hydrogens is 336 g/mol. The fourth-order valence-electron chi connectivity index (χ4n) is 2.95. The zero-order valence-electron chi connectivity index (χ0n) is 13.2. The summed E-state index contributed by atoms with van der Waals surface area (Å²) in [5, 5.41) is 0. The lowest BCUT2D eigenvalue weighted by molar-refractivity contribution is -0.137. The van der Waals surface area contributed by atoms with E-state index in [0.29, 0.717) is 19.5 Å². The first-order chi connectivity index (χ1) is 11.8. The van der Waals surface area contributed by atoms with Crippen molar-refractivity contribution < 1.29 is 22.4 Å². The van der Waals surface area contributed by atoms with E-state index < -0.39 is 23.5 Å². The molecule has 1 heterocycles. The van der Waals surface area contributed by atoms with Crippen LogP contribution in [0.1, 0.15) is 22.3 Å². The summed E-state index contributed by atoms with van der Waals surface area (Å²) in [4.78, 5) is 14.2. The largest absolute Gasteiger partial charge is 0.416 e. The second-order valence-electron chi connectivity index (χ2n) is 6.07. The van der Waals surface area contributed by atoms with Crippen LogP contribution in [0.25, 0.3) is 11.1 Å². The molecule has 1 saturated heterocycles. The molecule has 0 bridgehead atoms. The van der Waals surface area contributed by atoms with Gasteiger partial charge in [-0.3, -0.25) is 4.79 Å². The minimum atomic E-state index is -4.50. The SMILES string of the molecule is N[C@@H]1CCN(C(=O)c2cc(F)ccc2-c2cccc(C(F)(F)F)c2)C1.